The van der Waals surface area contributed by atoms with E-state index in [9.17, 15) is 9.90 Å². The number of carboxylic acids is 1. The molecule has 1 unspecified atom stereocenters. The lowest BCUT2D eigenvalue weighted by Gasteiger charge is -2.42. The molecule has 3 rings (SSSR count). The first-order valence-electron chi connectivity index (χ1n) is 8.44. The Morgan fingerprint density at radius 2 is 2.16 bits per heavy atom. The summed E-state index contributed by atoms with van der Waals surface area (Å²) >= 11 is 0. The summed E-state index contributed by atoms with van der Waals surface area (Å²) in [4.78, 5) is 16.1. The Hall–Kier alpha value is -2.14. The number of rotatable bonds is 5. The molecule has 1 aromatic carbocycles. The van der Waals surface area contributed by atoms with Gasteiger partial charge in [0.2, 0.25) is 0 Å². The highest BCUT2D eigenvalue weighted by atomic mass is 16.5. The molecule has 1 atom stereocenters. The number of ether oxygens (including phenoxy) is 2. The van der Waals surface area contributed by atoms with Gasteiger partial charge in [0.05, 0.1) is 19.3 Å². The molecular formula is C18H23N3O4. The highest BCUT2D eigenvalue weighted by molar-refractivity contribution is 5.79. The first-order chi connectivity index (χ1) is 12.1. The summed E-state index contributed by atoms with van der Waals surface area (Å²) < 4.78 is 10.6. The zero-order valence-electron chi connectivity index (χ0n) is 14.4. The molecule has 0 amide bonds. The Balaban J connectivity index is 1.61. The molecule has 0 spiro atoms. The van der Waals surface area contributed by atoms with E-state index >= 15 is 0 Å². The fourth-order valence-electron chi connectivity index (χ4n) is 3.63. The van der Waals surface area contributed by atoms with Crippen molar-refractivity contribution in [2.24, 2.45) is 0 Å². The highest BCUT2D eigenvalue weighted by Crippen LogP contribution is 2.28. The fraction of sp³-hybridized carbons (Fsp3) is 0.556. The lowest BCUT2D eigenvalue weighted by Crippen LogP contribution is -2.61. The van der Waals surface area contributed by atoms with Gasteiger partial charge in [0.1, 0.15) is 17.4 Å². The number of nitrogens with zero attached hydrogens (tertiary/aromatic N) is 3. The molecule has 2 aliphatic rings. The first kappa shape index (κ1) is 17.7. The summed E-state index contributed by atoms with van der Waals surface area (Å²) in [5.41, 5.74) is 0.756. The summed E-state index contributed by atoms with van der Waals surface area (Å²) in [5, 5.41) is 18.7. The van der Waals surface area contributed by atoms with E-state index < -0.39 is 11.5 Å². The average molecular weight is 345 g/mol. The molecule has 25 heavy (non-hydrogen) atoms. The van der Waals surface area contributed by atoms with E-state index in [1.807, 2.05) is 12.1 Å². The van der Waals surface area contributed by atoms with Crippen LogP contribution in [0, 0.1) is 11.3 Å². The van der Waals surface area contributed by atoms with Crippen LogP contribution in [-0.4, -0.2) is 72.9 Å². The van der Waals surface area contributed by atoms with Crippen molar-refractivity contribution >= 4 is 5.97 Å². The number of carboxylic acid groups (broad SMARTS) is 1. The van der Waals surface area contributed by atoms with E-state index in [4.69, 9.17) is 14.7 Å². The lowest BCUT2D eigenvalue weighted by atomic mass is 9.95. The molecule has 7 heteroatoms. The van der Waals surface area contributed by atoms with E-state index in [-0.39, 0.29) is 6.61 Å². The van der Waals surface area contributed by atoms with Crippen molar-refractivity contribution in [3.05, 3.63) is 29.3 Å². The molecule has 0 bridgehead atoms. The molecule has 2 heterocycles. The van der Waals surface area contributed by atoms with Gasteiger partial charge in [-0.3, -0.25) is 14.6 Å². The van der Waals surface area contributed by atoms with Gasteiger partial charge in [0.15, 0.2) is 0 Å². The third-order valence-electron chi connectivity index (χ3n) is 5.17. The Labute approximate surface area is 147 Å². The largest absolute Gasteiger partial charge is 0.495 e. The average Bonchev–Trinajstić information content (AvgIpc) is 3.13. The van der Waals surface area contributed by atoms with Crippen molar-refractivity contribution in [3.8, 4) is 11.8 Å². The molecule has 2 fully saturated rings. The zero-order valence-corrected chi connectivity index (χ0v) is 14.4. The van der Waals surface area contributed by atoms with Crippen molar-refractivity contribution in [3.63, 3.8) is 0 Å². The Morgan fingerprint density at radius 3 is 2.72 bits per heavy atom. The Kier molecular flexibility index (Phi) is 5.23. The molecule has 0 radical (unpaired) electrons. The summed E-state index contributed by atoms with van der Waals surface area (Å²) in [6.07, 6.45) is 0.551. The third-order valence-corrected chi connectivity index (χ3v) is 5.17. The molecule has 1 N–H and O–H groups in total. The van der Waals surface area contributed by atoms with E-state index in [1.54, 1.807) is 13.2 Å². The van der Waals surface area contributed by atoms with E-state index in [0.717, 1.165) is 25.2 Å². The summed E-state index contributed by atoms with van der Waals surface area (Å²) in [6, 6.07) is 7.73. The highest BCUT2D eigenvalue weighted by Gasteiger charge is 2.48. The molecule has 0 aliphatic carbocycles. The second kappa shape index (κ2) is 7.40. The van der Waals surface area contributed by atoms with Gasteiger partial charge in [-0.15, -0.1) is 0 Å². The van der Waals surface area contributed by atoms with Gasteiger partial charge in [-0.05, 0) is 17.7 Å². The second-order valence-corrected chi connectivity index (χ2v) is 6.55. The maximum absolute atomic E-state index is 11.8. The van der Waals surface area contributed by atoms with Gasteiger partial charge in [0.25, 0.3) is 0 Å². The van der Waals surface area contributed by atoms with E-state index in [2.05, 4.69) is 15.9 Å². The minimum absolute atomic E-state index is 0.273. The first-order valence-corrected chi connectivity index (χ1v) is 8.44. The molecule has 134 valence electrons. The number of hydrogen-bond donors (Lipinski definition) is 1. The van der Waals surface area contributed by atoms with Gasteiger partial charge in [-0.25, -0.2) is 0 Å². The van der Waals surface area contributed by atoms with Gasteiger partial charge >= 0.3 is 5.97 Å². The normalized spacial score (nSPS) is 24.8. The Morgan fingerprint density at radius 1 is 1.40 bits per heavy atom. The second-order valence-electron chi connectivity index (χ2n) is 6.55. The van der Waals surface area contributed by atoms with Crippen molar-refractivity contribution in [1.82, 2.24) is 9.80 Å². The van der Waals surface area contributed by atoms with Crippen LogP contribution in [0.1, 0.15) is 17.5 Å². The summed E-state index contributed by atoms with van der Waals surface area (Å²) in [7, 11) is 1.56. The van der Waals surface area contributed by atoms with Gasteiger partial charge in [-0.1, -0.05) is 6.07 Å². The van der Waals surface area contributed by atoms with Crippen molar-refractivity contribution in [1.29, 1.82) is 5.26 Å². The molecular weight excluding hydrogens is 322 g/mol. The van der Waals surface area contributed by atoms with Crippen LogP contribution in [-0.2, 0) is 16.1 Å². The quantitative estimate of drug-likeness (QED) is 0.849. The van der Waals surface area contributed by atoms with Crippen LogP contribution in [0.4, 0.5) is 0 Å². The van der Waals surface area contributed by atoms with Crippen molar-refractivity contribution in [2.45, 2.75) is 18.5 Å². The number of piperazine rings is 1. The van der Waals surface area contributed by atoms with Gasteiger partial charge < -0.3 is 14.6 Å². The number of nitriles is 1. The molecule has 2 saturated heterocycles. The maximum Gasteiger partial charge on any atom is 0.326 e. The number of methoxy groups -OCH3 is 1. The number of carbonyl (C=O) groups is 1. The molecule has 7 nitrogen and oxygen atoms in total. The van der Waals surface area contributed by atoms with Crippen molar-refractivity contribution in [2.75, 3.05) is 46.5 Å². The van der Waals surface area contributed by atoms with Crippen LogP contribution in [0.25, 0.3) is 0 Å². The number of hydrogen-bond acceptors (Lipinski definition) is 6. The summed E-state index contributed by atoms with van der Waals surface area (Å²) in [5.74, 6) is -0.193. The van der Waals surface area contributed by atoms with Gasteiger partial charge in [0, 0.05) is 45.8 Å². The van der Waals surface area contributed by atoms with Crippen LogP contribution in [0.3, 0.4) is 0 Å². The molecule has 1 aromatic rings. The molecule has 0 aromatic heterocycles. The SMILES string of the molecule is COc1cc(CN2CCN(C3(C(=O)O)CCOC3)CC2)ccc1C#N. The maximum atomic E-state index is 11.8. The number of benzene rings is 1. The smallest absolute Gasteiger partial charge is 0.326 e. The minimum Gasteiger partial charge on any atom is -0.495 e. The van der Waals surface area contributed by atoms with Crippen LogP contribution < -0.4 is 4.74 Å². The van der Waals surface area contributed by atoms with Crippen LogP contribution >= 0.6 is 0 Å². The van der Waals surface area contributed by atoms with Gasteiger partial charge in [-0.2, -0.15) is 5.26 Å². The minimum atomic E-state index is -0.857. The van der Waals surface area contributed by atoms with Crippen LogP contribution in [0.15, 0.2) is 18.2 Å². The number of aliphatic carboxylic acids is 1. The van der Waals surface area contributed by atoms with Crippen molar-refractivity contribution < 1.29 is 19.4 Å². The zero-order chi connectivity index (χ0) is 17.9. The Bertz CT molecular complexity index is 671. The third kappa shape index (κ3) is 3.47. The standard InChI is InChI=1S/C18H23N3O4/c1-24-16-10-14(2-3-15(16)11-19)12-20-5-7-21(8-6-20)18(17(22)23)4-9-25-13-18/h2-3,10H,4-9,12-13H2,1H3,(H,22,23). The predicted molar refractivity (Wildman–Crippen MR) is 90.4 cm³/mol. The molecule has 0 saturated carbocycles. The predicted octanol–water partition coefficient (Wildman–Crippen LogP) is 0.928. The topological polar surface area (TPSA) is 86.0 Å². The van der Waals surface area contributed by atoms with Crippen LogP contribution in [0.2, 0.25) is 0 Å². The van der Waals surface area contributed by atoms with Crippen LogP contribution in [0.5, 0.6) is 5.75 Å². The van der Waals surface area contributed by atoms with E-state index in [1.165, 1.54) is 0 Å². The monoisotopic (exact) mass is 345 g/mol. The molecule has 2 aliphatic heterocycles. The fourth-order valence-corrected chi connectivity index (χ4v) is 3.63. The van der Waals surface area contributed by atoms with E-state index in [0.29, 0.717) is 37.4 Å². The summed E-state index contributed by atoms with van der Waals surface area (Å²) in [6.45, 7) is 4.57. The lowest BCUT2D eigenvalue weighted by molar-refractivity contribution is -0.153.